The van der Waals surface area contributed by atoms with Crippen LogP contribution < -0.4 is 0 Å². The Morgan fingerprint density at radius 2 is 1.79 bits per heavy atom. The second-order valence-electron chi connectivity index (χ2n) is 7.24. The molecular weight excluding hydrogens is 308 g/mol. The average Bonchev–Trinajstić information content (AvgIpc) is 2.64. The molecule has 0 aromatic rings. The van der Waals surface area contributed by atoms with Crippen molar-refractivity contribution in [3.63, 3.8) is 0 Å². The molecule has 0 radical (unpaired) electrons. The zero-order valence-electron chi connectivity index (χ0n) is 14.8. The average molecular weight is 340 g/mol. The van der Waals surface area contributed by atoms with E-state index < -0.39 is 0 Å². The van der Waals surface area contributed by atoms with Crippen molar-refractivity contribution >= 4 is 5.91 Å². The van der Waals surface area contributed by atoms with Crippen molar-refractivity contribution < 1.29 is 19.0 Å². The fraction of sp³-hybridized carbons (Fsp3) is 0.944. The zero-order chi connectivity index (χ0) is 16.6. The molecule has 0 aliphatic carbocycles. The van der Waals surface area contributed by atoms with Crippen LogP contribution in [-0.2, 0) is 19.0 Å². The molecule has 1 atom stereocenters. The third kappa shape index (κ3) is 5.69. The van der Waals surface area contributed by atoms with Gasteiger partial charge in [-0.05, 0) is 38.0 Å². The third-order valence-electron chi connectivity index (χ3n) is 5.39. The van der Waals surface area contributed by atoms with E-state index in [2.05, 4.69) is 4.90 Å². The molecule has 1 unspecified atom stereocenters. The van der Waals surface area contributed by atoms with E-state index in [1.807, 2.05) is 4.90 Å². The molecule has 0 aromatic carbocycles. The highest BCUT2D eigenvalue weighted by Gasteiger charge is 2.25. The Morgan fingerprint density at radius 3 is 2.50 bits per heavy atom. The fourth-order valence-electron chi connectivity index (χ4n) is 3.82. The lowest BCUT2D eigenvalue weighted by Crippen LogP contribution is -2.45. The number of hydrogen-bond donors (Lipinski definition) is 0. The summed E-state index contributed by atoms with van der Waals surface area (Å²) in [7, 11) is 0. The van der Waals surface area contributed by atoms with Crippen LogP contribution in [0.4, 0.5) is 0 Å². The van der Waals surface area contributed by atoms with Gasteiger partial charge in [-0.25, -0.2) is 0 Å². The van der Waals surface area contributed by atoms with Gasteiger partial charge in [0.2, 0.25) is 5.91 Å². The number of carbonyl (C=O) groups is 1. The molecule has 3 saturated heterocycles. The second kappa shape index (κ2) is 9.70. The van der Waals surface area contributed by atoms with Gasteiger partial charge in [0.05, 0.1) is 25.9 Å². The molecule has 3 heterocycles. The summed E-state index contributed by atoms with van der Waals surface area (Å²) >= 11 is 0. The normalized spacial score (nSPS) is 27.3. The quantitative estimate of drug-likeness (QED) is 0.726. The molecule has 1 amide bonds. The Morgan fingerprint density at radius 1 is 1.00 bits per heavy atom. The molecular formula is C18H32N2O4. The first-order valence-electron chi connectivity index (χ1n) is 9.58. The van der Waals surface area contributed by atoms with E-state index in [9.17, 15) is 4.79 Å². The molecule has 3 aliphatic heterocycles. The minimum Gasteiger partial charge on any atom is -0.379 e. The summed E-state index contributed by atoms with van der Waals surface area (Å²) in [5, 5.41) is 0. The third-order valence-corrected chi connectivity index (χ3v) is 5.39. The SMILES string of the molecule is O=C(COCC1CCCCO1)N1CCC(CN2CCOCC2)CC1. The molecule has 3 rings (SSSR count). The summed E-state index contributed by atoms with van der Waals surface area (Å²) in [6, 6.07) is 0. The topological polar surface area (TPSA) is 51.2 Å². The molecule has 0 spiro atoms. The van der Waals surface area contributed by atoms with E-state index >= 15 is 0 Å². The van der Waals surface area contributed by atoms with Crippen LogP contribution in [0.5, 0.6) is 0 Å². The van der Waals surface area contributed by atoms with Crippen molar-refractivity contribution in [3.05, 3.63) is 0 Å². The van der Waals surface area contributed by atoms with Crippen molar-refractivity contribution in [2.45, 2.75) is 38.2 Å². The number of carbonyl (C=O) groups excluding carboxylic acids is 1. The van der Waals surface area contributed by atoms with Crippen LogP contribution in [0.2, 0.25) is 0 Å². The summed E-state index contributed by atoms with van der Waals surface area (Å²) in [5.74, 6) is 0.847. The summed E-state index contributed by atoms with van der Waals surface area (Å²) < 4.78 is 16.6. The van der Waals surface area contributed by atoms with E-state index in [1.165, 1.54) is 6.42 Å². The van der Waals surface area contributed by atoms with Crippen LogP contribution in [0.25, 0.3) is 0 Å². The Kier molecular flexibility index (Phi) is 7.32. The van der Waals surface area contributed by atoms with Crippen molar-refractivity contribution in [2.24, 2.45) is 5.92 Å². The molecule has 6 nitrogen and oxygen atoms in total. The molecule has 6 heteroatoms. The van der Waals surface area contributed by atoms with Gasteiger partial charge in [0.25, 0.3) is 0 Å². The maximum absolute atomic E-state index is 12.3. The highest BCUT2D eigenvalue weighted by Crippen LogP contribution is 2.19. The summed E-state index contributed by atoms with van der Waals surface area (Å²) in [4.78, 5) is 16.7. The van der Waals surface area contributed by atoms with Gasteiger partial charge in [-0.15, -0.1) is 0 Å². The van der Waals surface area contributed by atoms with Gasteiger partial charge < -0.3 is 19.1 Å². The number of rotatable bonds is 6. The Hall–Kier alpha value is -0.690. The van der Waals surface area contributed by atoms with E-state index in [0.717, 1.165) is 78.2 Å². The van der Waals surface area contributed by atoms with Crippen LogP contribution in [0, 0.1) is 5.92 Å². The predicted molar refractivity (Wildman–Crippen MR) is 91.0 cm³/mol. The maximum atomic E-state index is 12.3. The molecule has 24 heavy (non-hydrogen) atoms. The highest BCUT2D eigenvalue weighted by atomic mass is 16.5. The first-order valence-corrected chi connectivity index (χ1v) is 9.58. The number of nitrogens with zero attached hydrogens (tertiary/aromatic N) is 2. The van der Waals surface area contributed by atoms with Crippen LogP contribution in [0.15, 0.2) is 0 Å². The molecule has 0 N–H and O–H groups in total. The first kappa shape index (κ1) is 18.1. The van der Waals surface area contributed by atoms with Crippen molar-refractivity contribution in [2.75, 3.05) is 65.8 Å². The Balaban J connectivity index is 1.28. The van der Waals surface area contributed by atoms with Crippen molar-refractivity contribution in [1.82, 2.24) is 9.80 Å². The number of amides is 1. The van der Waals surface area contributed by atoms with Gasteiger partial charge in [0.1, 0.15) is 6.61 Å². The number of hydrogen-bond acceptors (Lipinski definition) is 5. The highest BCUT2D eigenvalue weighted by molar-refractivity contribution is 5.77. The summed E-state index contributed by atoms with van der Waals surface area (Å²) in [6.07, 6.45) is 5.81. The standard InChI is InChI=1S/C18H32N2O4/c21-18(15-23-14-17-3-1-2-10-24-17)20-6-4-16(5-7-20)13-19-8-11-22-12-9-19/h16-17H,1-15H2. The van der Waals surface area contributed by atoms with Gasteiger partial charge >= 0.3 is 0 Å². The largest absolute Gasteiger partial charge is 0.379 e. The fourth-order valence-corrected chi connectivity index (χ4v) is 3.82. The lowest BCUT2D eigenvalue weighted by molar-refractivity contribution is -0.139. The maximum Gasteiger partial charge on any atom is 0.248 e. The molecule has 0 aromatic heterocycles. The minimum absolute atomic E-state index is 0.135. The number of piperidine rings is 1. The van der Waals surface area contributed by atoms with E-state index in [4.69, 9.17) is 14.2 Å². The molecule has 138 valence electrons. The zero-order valence-corrected chi connectivity index (χ0v) is 14.8. The smallest absolute Gasteiger partial charge is 0.248 e. The Bertz CT molecular complexity index is 373. The molecule has 0 saturated carbocycles. The predicted octanol–water partition coefficient (Wildman–Crippen LogP) is 1.14. The van der Waals surface area contributed by atoms with Gasteiger partial charge in [-0.2, -0.15) is 0 Å². The van der Waals surface area contributed by atoms with Crippen LogP contribution in [0.3, 0.4) is 0 Å². The van der Waals surface area contributed by atoms with Crippen molar-refractivity contribution in [3.8, 4) is 0 Å². The number of ether oxygens (including phenoxy) is 3. The first-order chi connectivity index (χ1) is 11.8. The molecule has 3 aliphatic rings. The van der Waals surface area contributed by atoms with E-state index in [0.29, 0.717) is 12.5 Å². The van der Waals surface area contributed by atoms with Crippen LogP contribution in [-0.4, -0.2) is 87.6 Å². The lowest BCUT2D eigenvalue weighted by Gasteiger charge is -2.36. The lowest BCUT2D eigenvalue weighted by atomic mass is 9.96. The molecule has 0 bridgehead atoms. The Labute approximate surface area is 145 Å². The number of likely N-dealkylation sites (tertiary alicyclic amines) is 1. The van der Waals surface area contributed by atoms with Gasteiger partial charge in [-0.1, -0.05) is 0 Å². The van der Waals surface area contributed by atoms with Gasteiger partial charge in [0, 0.05) is 39.3 Å². The van der Waals surface area contributed by atoms with E-state index in [1.54, 1.807) is 0 Å². The number of morpholine rings is 1. The van der Waals surface area contributed by atoms with Crippen molar-refractivity contribution in [1.29, 1.82) is 0 Å². The summed E-state index contributed by atoms with van der Waals surface area (Å²) in [6.45, 7) is 8.31. The monoisotopic (exact) mass is 340 g/mol. The summed E-state index contributed by atoms with van der Waals surface area (Å²) in [5.41, 5.74) is 0. The second-order valence-corrected chi connectivity index (χ2v) is 7.24. The van der Waals surface area contributed by atoms with Crippen LogP contribution in [0.1, 0.15) is 32.1 Å². The van der Waals surface area contributed by atoms with E-state index in [-0.39, 0.29) is 18.6 Å². The van der Waals surface area contributed by atoms with Crippen LogP contribution >= 0.6 is 0 Å². The van der Waals surface area contributed by atoms with Gasteiger partial charge in [-0.3, -0.25) is 9.69 Å². The minimum atomic E-state index is 0.135. The molecule has 3 fully saturated rings. The van der Waals surface area contributed by atoms with Gasteiger partial charge in [0.15, 0.2) is 0 Å².